The highest BCUT2D eigenvalue weighted by Crippen LogP contribution is 2.49. The van der Waals surface area contributed by atoms with Crippen molar-refractivity contribution in [3.63, 3.8) is 0 Å². The van der Waals surface area contributed by atoms with E-state index in [-0.39, 0.29) is 0 Å². The molecule has 1 aliphatic heterocycles. The highest BCUT2D eigenvalue weighted by molar-refractivity contribution is 6.14. The molecule has 0 saturated heterocycles. The fourth-order valence-corrected chi connectivity index (χ4v) is 7.50. The lowest BCUT2D eigenvalue weighted by molar-refractivity contribution is 0.487. The smallest absolute Gasteiger partial charge is 0.235 e. The highest BCUT2D eigenvalue weighted by Gasteiger charge is 2.24. The molecule has 7 aromatic carbocycles. The summed E-state index contributed by atoms with van der Waals surface area (Å²) in [7, 11) is 0. The van der Waals surface area contributed by atoms with Crippen LogP contribution in [-0.4, -0.2) is 14.5 Å². The number of hydrogen-bond acceptors (Lipinski definition) is 4. The summed E-state index contributed by atoms with van der Waals surface area (Å²) in [5.41, 5.74) is 8.81. The topological polar surface area (TPSA) is 53.1 Å². The van der Waals surface area contributed by atoms with Crippen molar-refractivity contribution in [2.75, 3.05) is 0 Å². The minimum atomic E-state index is 0.611. The Kier molecular flexibility index (Phi) is 4.78. The van der Waals surface area contributed by atoms with Gasteiger partial charge in [0.05, 0.1) is 22.2 Å². The predicted molar refractivity (Wildman–Crippen MR) is 190 cm³/mol. The summed E-state index contributed by atoms with van der Waals surface area (Å²) in [6, 6.07) is 48.3. The summed E-state index contributed by atoms with van der Waals surface area (Å²) < 4.78 is 14.9. The van der Waals surface area contributed by atoms with E-state index in [0.29, 0.717) is 5.95 Å². The maximum absolute atomic E-state index is 6.61. The number of aromatic nitrogens is 3. The van der Waals surface area contributed by atoms with Crippen molar-refractivity contribution in [2.45, 2.75) is 0 Å². The summed E-state index contributed by atoms with van der Waals surface area (Å²) in [5.74, 6) is 2.31. The van der Waals surface area contributed by atoms with Crippen LogP contribution in [0.1, 0.15) is 0 Å². The Labute approximate surface area is 267 Å². The van der Waals surface area contributed by atoms with Gasteiger partial charge in [-0.15, -0.1) is 0 Å². The standard InChI is InChI=1S/C42H23N3O2/c1-4-15-33-29(13-1)41(25-19-20-37-31(21-25)27-12-3-6-17-36(27)46-37)44-42(43-33)45-34-16-5-2-11-26(34)30-22-32-28-14-7-9-24-10-8-18-38(40(24)28)47-39(32)23-35(30)45/h1-23H. The predicted octanol–water partition coefficient (Wildman–Crippen LogP) is 11.2. The van der Waals surface area contributed by atoms with Gasteiger partial charge in [0.1, 0.15) is 22.7 Å². The van der Waals surface area contributed by atoms with Gasteiger partial charge in [-0.05, 0) is 59.5 Å². The molecule has 11 rings (SSSR count). The van der Waals surface area contributed by atoms with Crippen LogP contribution in [0, 0.1) is 0 Å². The number of hydrogen-bond donors (Lipinski definition) is 0. The molecule has 5 heteroatoms. The summed E-state index contributed by atoms with van der Waals surface area (Å²) in [4.78, 5) is 10.5. The summed E-state index contributed by atoms with van der Waals surface area (Å²) in [6.45, 7) is 0. The van der Waals surface area contributed by atoms with E-state index in [0.717, 1.165) is 88.4 Å². The van der Waals surface area contributed by atoms with Gasteiger partial charge in [0.2, 0.25) is 5.95 Å². The summed E-state index contributed by atoms with van der Waals surface area (Å²) >= 11 is 0. The van der Waals surface area contributed by atoms with Gasteiger partial charge >= 0.3 is 0 Å². The lowest BCUT2D eigenvalue weighted by Gasteiger charge is -2.21. The van der Waals surface area contributed by atoms with Crippen molar-refractivity contribution >= 4 is 65.4 Å². The maximum atomic E-state index is 6.61. The zero-order valence-corrected chi connectivity index (χ0v) is 24.9. The molecule has 0 fully saturated rings. The number of nitrogens with zero attached hydrogens (tertiary/aromatic N) is 3. The van der Waals surface area contributed by atoms with Gasteiger partial charge in [0, 0.05) is 49.5 Å². The van der Waals surface area contributed by atoms with Gasteiger partial charge in [-0.3, -0.25) is 4.57 Å². The molecular formula is C42H23N3O2. The van der Waals surface area contributed by atoms with Crippen molar-refractivity contribution in [3.05, 3.63) is 140 Å². The molecule has 0 N–H and O–H groups in total. The number of rotatable bonds is 2. The van der Waals surface area contributed by atoms with E-state index in [1.165, 1.54) is 10.9 Å². The fraction of sp³-hybridized carbons (Fsp3) is 0. The van der Waals surface area contributed by atoms with Crippen LogP contribution in [0.2, 0.25) is 0 Å². The van der Waals surface area contributed by atoms with Crippen LogP contribution < -0.4 is 4.74 Å². The Balaban J connectivity index is 1.20. The van der Waals surface area contributed by atoms with Crippen LogP contribution in [0.3, 0.4) is 0 Å². The number of para-hydroxylation sites is 3. The third-order valence-electron chi connectivity index (χ3n) is 9.59. The summed E-state index contributed by atoms with van der Waals surface area (Å²) in [6.07, 6.45) is 0. The molecule has 3 aromatic heterocycles. The second kappa shape index (κ2) is 9.05. The van der Waals surface area contributed by atoms with E-state index < -0.39 is 0 Å². The first kappa shape index (κ1) is 24.8. The number of ether oxygens (including phenoxy) is 1. The van der Waals surface area contributed by atoms with Crippen molar-refractivity contribution < 1.29 is 9.15 Å². The highest BCUT2D eigenvalue weighted by atomic mass is 16.5. The third kappa shape index (κ3) is 3.43. The molecule has 0 aliphatic carbocycles. The van der Waals surface area contributed by atoms with E-state index in [9.17, 15) is 0 Å². The lowest BCUT2D eigenvalue weighted by atomic mass is 9.93. The molecule has 218 valence electrons. The molecule has 0 unspecified atom stereocenters. The van der Waals surface area contributed by atoms with Gasteiger partial charge in [-0.1, -0.05) is 84.9 Å². The molecule has 0 spiro atoms. The zero-order valence-electron chi connectivity index (χ0n) is 24.9. The van der Waals surface area contributed by atoms with Crippen molar-refractivity contribution in [3.8, 4) is 39.8 Å². The first-order valence-corrected chi connectivity index (χ1v) is 15.7. The van der Waals surface area contributed by atoms with E-state index in [1.807, 2.05) is 42.5 Å². The Morgan fingerprint density at radius 1 is 0.489 bits per heavy atom. The molecule has 5 nitrogen and oxygen atoms in total. The van der Waals surface area contributed by atoms with E-state index in [1.54, 1.807) is 0 Å². The normalized spacial score (nSPS) is 12.4. The number of benzene rings is 7. The Hall–Kier alpha value is -6.46. The average Bonchev–Trinajstić information content (AvgIpc) is 3.65. The molecule has 1 aliphatic rings. The number of furan rings is 1. The Bertz CT molecular complexity index is 2950. The minimum absolute atomic E-state index is 0.611. The molecule has 0 saturated carbocycles. The molecule has 0 atom stereocenters. The van der Waals surface area contributed by atoms with Crippen LogP contribution in [0.25, 0.3) is 93.8 Å². The SMILES string of the molecule is c1cc2c3c(cccc3c1)-c1cc3c4ccccc4n(-c4nc(-c5ccc6oc7ccccc7c6c5)c5ccccc5n4)c3cc1O2. The van der Waals surface area contributed by atoms with Gasteiger partial charge in [0.15, 0.2) is 0 Å². The van der Waals surface area contributed by atoms with Gasteiger partial charge in [-0.2, -0.15) is 0 Å². The Morgan fingerprint density at radius 3 is 2.21 bits per heavy atom. The van der Waals surface area contributed by atoms with E-state index >= 15 is 0 Å². The molecular weight excluding hydrogens is 578 g/mol. The lowest BCUT2D eigenvalue weighted by Crippen LogP contribution is -2.04. The van der Waals surface area contributed by atoms with Crippen molar-refractivity contribution in [1.29, 1.82) is 0 Å². The van der Waals surface area contributed by atoms with Crippen LogP contribution >= 0.6 is 0 Å². The second-order valence-electron chi connectivity index (χ2n) is 12.2. The monoisotopic (exact) mass is 601 g/mol. The zero-order chi connectivity index (χ0) is 30.6. The van der Waals surface area contributed by atoms with Gasteiger partial charge in [-0.25, -0.2) is 9.97 Å². The molecule has 0 radical (unpaired) electrons. The van der Waals surface area contributed by atoms with Crippen LogP contribution in [0.15, 0.2) is 144 Å². The Morgan fingerprint density at radius 2 is 1.28 bits per heavy atom. The summed E-state index contributed by atoms with van der Waals surface area (Å²) in [5, 5.41) is 7.74. The van der Waals surface area contributed by atoms with E-state index in [2.05, 4.69) is 102 Å². The first-order valence-electron chi connectivity index (χ1n) is 15.7. The van der Waals surface area contributed by atoms with Crippen molar-refractivity contribution in [2.24, 2.45) is 0 Å². The molecule has 47 heavy (non-hydrogen) atoms. The third-order valence-corrected chi connectivity index (χ3v) is 9.59. The van der Waals surface area contributed by atoms with Gasteiger partial charge in [0.25, 0.3) is 0 Å². The molecule has 0 amide bonds. The molecule has 4 heterocycles. The average molecular weight is 602 g/mol. The largest absolute Gasteiger partial charge is 0.456 e. The van der Waals surface area contributed by atoms with E-state index in [4.69, 9.17) is 19.1 Å². The maximum Gasteiger partial charge on any atom is 0.235 e. The van der Waals surface area contributed by atoms with Crippen LogP contribution in [0.4, 0.5) is 0 Å². The second-order valence-corrected chi connectivity index (χ2v) is 12.2. The van der Waals surface area contributed by atoms with Crippen molar-refractivity contribution in [1.82, 2.24) is 14.5 Å². The fourth-order valence-electron chi connectivity index (χ4n) is 7.50. The first-order chi connectivity index (χ1) is 23.3. The minimum Gasteiger partial charge on any atom is -0.456 e. The number of fused-ring (bicyclic) bond motifs is 9. The van der Waals surface area contributed by atoms with Gasteiger partial charge < -0.3 is 9.15 Å². The van der Waals surface area contributed by atoms with Crippen LogP contribution in [-0.2, 0) is 0 Å². The quantitative estimate of drug-likeness (QED) is 0.198. The van der Waals surface area contributed by atoms with Crippen LogP contribution in [0.5, 0.6) is 11.5 Å². The molecule has 0 bridgehead atoms. The molecule has 10 aromatic rings.